The average molecular weight is 532 g/mol. The standard InChI is InChI=1S/C25H29N3O6S2/c1-16(2)13-19(27-25(31)22-14-17-7-3-4-9-21(17)34-22)24(30)26-18-8-5-11-28(15-20(18)29)36(32,33)23-10-6-12-35-23/h3-4,6-7,9-10,12,14,16,18-19H,5,8,11,13,15H2,1-2H3,(H,26,30)(H,27,31)/t18-,19-/m0/s1. The fourth-order valence-corrected chi connectivity index (χ4v) is 6.78. The number of amides is 2. The van der Waals surface area contributed by atoms with Crippen LogP contribution in [0.2, 0.25) is 0 Å². The predicted molar refractivity (Wildman–Crippen MR) is 136 cm³/mol. The van der Waals surface area contributed by atoms with Gasteiger partial charge in [-0.05, 0) is 48.8 Å². The molecule has 2 N–H and O–H groups in total. The average Bonchev–Trinajstić information content (AvgIpc) is 3.49. The second-order valence-electron chi connectivity index (χ2n) is 9.24. The number of benzene rings is 1. The third-order valence-electron chi connectivity index (χ3n) is 6.01. The summed E-state index contributed by atoms with van der Waals surface area (Å²) in [6, 6.07) is 10.3. The Morgan fingerprint density at radius 2 is 1.97 bits per heavy atom. The Bertz CT molecular complexity index is 1310. The van der Waals surface area contributed by atoms with E-state index < -0.39 is 33.9 Å². The number of hydrogen-bond donors (Lipinski definition) is 2. The summed E-state index contributed by atoms with van der Waals surface area (Å²) >= 11 is 1.10. The summed E-state index contributed by atoms with van der Waals surface area (Å²) in [5, 5.41) is 7.93. The highest BCUT2D eigenvalue weighted by Gasteiger charge is 2.34. The van der Waals surface area contributed by atoms with Crippen molar-refractivity contribution in [2.24, 2.45) is 5.92 Å². The van der Waals surface area contributed by atoms with E-state index in [0.717, 1.165) is 16.7 Å². The molecule has 2 atom stereocenters. The number of nitrogens with zero attached hydrogens (tertiary/aromatic N) is 1. The minimum Gasteiger partial charge on any atom is -0.451 e. The van der Waals surface area contributed by atoms with Gasteiger partial charge in [-0.3, -0.25) is 14.4 Å². The summed E-state index contributed by atoms with van der Waals surface area (Å²) in [6.07, 6.45) is 1.09. The molecule has 0 radical (unpaired) electrons. The zero-order valence-corrected chi connectivity index (χ0v) is 21.7. The lowest BCUT2D eigenvalue weighted by Gasteiger charge is -2.23. The SMILES string of the molecule is CC(C)C[C@H](NC(=O)c1cc2ccccc2o1)C(=O)N[C@H]1CCCN(S(=O)(=O)c2cccs2)CC1=O. The number of rotatable bonds is 8. The molecule has 3 aromatic rings. The molecule has 1 aromatic carbocycles. The molecule has 0 spiro atoms. The van der Waals surface area contributed by atoms with Crippen molar-refractivity contribution in [3.63, 3.8) is 0 Å². The van der Waals surface area contributed by atoms with Gasteiger partial charge < -0.3 is 15.1 Å². The van der Waals surface area contributed by atoms with Gasteiger partial charge in [0.25, 0.3) is 15.9 Å². The summed E-state index contributed by atoms with van der Waals surface area (Å²) in [7, 11) is -3.77. The van der Waals surface area contributed by atoms with Crippen LogP contribution in [0.5, 0.6) is 0 Å². The van der Waals surface area contributed by atoms with E-state index in [-0.39, 0.29) is 34.8 Å². The maximum Gasteiger partial charge on any atom is 0.287 e. The van der Waals surface area contributed by atoms with Gasteiger partial charge in [-0.1, -0.05) is 38.1 Å². The Labute approximate surface area is 213 Å². The Morgan fingerprint density at radius 3 is 2.67 bits per heavy atom. The minimum absolute atomic E-state index is 0.0907. The first-order valence-corrected chi connectivity index (χ1v) is 14.1. The molecule has 1 aliphatic heterocycles. The number of ketones is 1. The maximum absolute atomic E-state index is 13.2. The van der Waals surface area contributed by atoms with Crippen LogP contribution in [0.3, 0.4) is 0 Å². The van der Waals surface area contributed by atoms with E-state index in [1.165, 1.54) is 10.4 Å². The summed E-state index contributed by atoms with van der Waals surface area (Å²) in [5.74, 6) is -1.20. The molecule has 2 amide bonds. The van der Waals surface area contributed by atoms with Crippen LogP contribution >= 0.6 is 11.3 Å². The summed E-state index contributed by atoms with van der Waals surface area (Å²) < 4.78 is 32.7. The Kier molecular flexibility index (Phi) is 7.91. The van der Waals surface area contributed by atoms with E-state index in [2.05, 4.69) is 10.6 Å². The molecule has 36 heavy (non-hydrogen) atoms. The van der Waals surface area contributed by atoms with Gasteiger partial charge in [-0.15, -0.1) is 11.3 Å². The molecule has 0 unspecified atom stereocenters. The number of sulfonamides is 1. The van der Waals surface area contributed by atoms with Crippen LogP contribution < -0.4 is 10.6 Å². The van der Waals surface area contributed by atoms with Crippen LogP contribution in [0.4, 0.5) is 0 Å². The first-order chi connectivity index (χ1) is 17.1. The van der Waals surface area contributed by atoms with Gasteiger partial charge in [0, 0.05) is 11.9 Å². The number of fused-ring (bicyclic) bond motifs is 1. The van der Waals surface area contributed by atoms with Gasteiger partial charge in [0.15, 0.2) is 11.5 Å². The van der Waals surface area contributed by atoms with Crippen molar-refractivity contribution < 1.29 is 27.2 Å². The van der Waals surface area contributed by atoms with Gasteiger partial charge in [-0.25, -0.2) is 8.42 Å². The van der Waals surface area contributed by atoms with E-state index in [0.29, 0.717) is 24.8 Å². The molecule has 0 saturated carbocycles. The van der Waals surface area contributed by atoms with Gasteiger partial charge in [-0.2, -0.15) is 4.31 Å². The van der Waals surface area contributed by atoms with Crippen molar-refractivity contribution >= 4 is 49.9 Å². The fourth-order valence-electron chi connectivity index (χ4n) is 4.19. The fraction of sp³-hybridized carbons (Fsp3) is 0.400. The first-order valence-electron chi connectivity index (χ1n) is 11.8. The molecule has 3 heterocycles. The number of Topliss-reactive ketones (excluding diaryl/α,β-unsaturated/α-hetero) is 1. The van der Waals surface area contributed by atoms with Crippen LogP contribution in [-0.2, 0) is 19.6 Å². The highest BCUT2D eigenvalue weighted by atomic mass is 32.2. The molecule has 0 aliphatic carbocycles. The lowest BCUT2D eigenvalue weighted by molar-refractivity contribution is -0.129. The molecule has 2 aromatic heterocycles. The van der Waals surface area contributed by atoms with E-state index in [4.69, 9.17) is 4.42 Å². The predicted octanol–water partition coefficient (Wildman–Crippen LogP) is 3.18. The molecule has 9 nitrogen and oxygen atoms in total. The third-order valence-corrected chi connectivity index (χ3v) is 9.22. The van der Waals surface area contributed by atoms with Crippen LogP contribution in [-0.4, -0.2) is 55.5 Å². The Morgan fingerprint density at radius 1 is 1.19 bits per heavy atom. The van der Waals surface area contributed by atoms with Crippen LogP contribution in [0.25, 0.3) is 11.0 Å². The van der Waals surface area contributed by atoms with Gasteiger partial charge in [0.05, 0.1) is 12.6 Å². The number of nitrogens with one attached hydrogen (secondary N) is 2. The van der Waals surface area contributed by atoms with E-state index in [1.807, 2.05) is 26.0 Å². The number of thiophene rings is 1. The van der Waals surface area contributed by atoms with Crippen molar-refractivity contribution in [3.05, 3.63) is 53.6 Å². The second kappa shape index (κ2) is 10.9. The molecular weight excluding hydrogens is 502 g/mol. The molecule has 1 aliphatic rings. The van der Waals surface area contributed by atoms with E-state index in [1.54, 1.807) is 29.6 Å². The van der Waals surface area contributed by atoms with Crippen molar-refractivity contribution in [3.8, 4) is 0 Å². The van der Waals surface area contributed by atoms with Crippen molar-refractivity contribution in [2.45, 2.75) is 49.4 Å². The van der Waals surface area contributed by atoms with E-state index >= 15 is 0 Å². The second-order valence-corrected chi connectivity index (χ2v) is 12.4. The molecule has 1 fully saturated rings. The smallest absolute Gasteiger partial charge is 0.287 e. The third kappa shape index (κ3) is 5.85. The van der Waals surface area contributed by atoms with Crippen LogP contribution in [0.1, 0.15) is 43.7 Å². The van der Waals surface area contributed by atoms with Crippen molar-refractivity contribution in [1.29, 1.82) is 0 Å². The minimum atomic E-state index is -3.77. The highest BCUT2D eigenvalue weighted by molar-refractivity contribution is 7.91. The summed E-state index contributed by atoms with van der Waals surface area (Å²) in [5.41, 5.74) is 0.568. The molecule has 192 valence electrons. The molecule has 1 saturated heterocycles. The quantitative estimate of drug-likeness (QED) is 0.460. The maximum atomic E-state index is 13.2. The zero-order valence-electron chi connectivity index (χ0n) is 20.1. The van der Waals surface area contributed by atoms with Crippen LogP contribution in [0, 0.1) is 5.92 Å². The number of carbonyl (C=O) groups excluding carboxylic acids is 3. The van der Waals surface area contributed by atoms with Gasteiger partial charge >= 0.3 is 0 Å². The molecular formula is C25H29N3O6S2. The van der Waals surface area contributed by atoms with E-state index in [9.17, 15) is 22.8 Å². The lowest BCUT2D eigenvalue weighted by Crippen LogP contribution is -2.52. The molecule has 11 heteroatoms. The number of para-hydroxylation sites is 1. The Hall–Kier alpha value is -3.02. The zero-order chi connectivity index (χ0) is 25.9. The van der Waals surface area contributed by atoms with Gasteiger partial charge in [0.1, 0.15) is 15.8 Å². The first kappa shape index (κ1) is 26.1. The number of carbonyl (C=O) groups is 3. The van der Waals surface area contributed by atoms with Crippen molar-refractivity contribution in [1.82, 2.24) is 14.9 Å². The lowest BCUT2D eigenvalue weighted by atomic mass is 10.0. The van der Waals surface area contributed by atoms with Crippen molar-refractivity contribution in [2.75, 3.05) is 13.1 Å². The highest BCUT2D eigenvalue weighted by Crippen LogP contribution is 2.23. The Balaban J connectivity index is 1.44. The number of hydrogen-bond acceptors (Lipinski definition) is 7. The van der Waals surface area contributed by atoms with Crippen LogP contribution in [0.15, 0.2) is 56.5 Å². The number of furan rings is 1. The summed E-state index contributed by atoms with van der Waals surface area (Å²) in [6.45, 7) is 3.73. The monoisotopic (exact) mass is 531 g/mol. The largest absolute Gasteiger partial charge is 0.451 e. The normalized spacial score (nSPS) is 18.2. The summed E-state index contributed by atoms with van der Waals surface area (Å²) in [4.78, 5) is 39.0. The molecule has 0 bridgehead atoms. The topological polar surface area (TPSA) is 126 Å². The van der Waals surface area contributed by atoms with Gasteiger partial charge in [0.2, 0.25) is 5.91 Å². The molecule has 4 rings (SSSR count).